The van der Waals surface area contributed by atoms with Gasteiger partial charge in [-0.15, -0.1) is 0 Å². The minimum atomic E-state index is -0.311. The molecule has 0 aliphatic rings. The van der Waals surface area contributed by atoms with E-state index in [0.29, 0.717) is 38.7 Å². The molecule has 1 amide bonds. The van der Waals surface area contributed by atoms with Gasteiger partial charge in [-0.1, -0.05) is 0 Å². The van der Waals surface area contributed by atoms with Crippen molar-refractivity contribution in [3.63, 3.8) is 0 Å². The molecule has 2 aromatic carbocycles. The summed E-state index contributed by atoms with van der Waals surface area (Å²) in [6.45, 7) is 0. The molecule has 0 fully saturated rings. The van der Waals surface area contributed by atoms with Gasteiger partial charge in [0.15, 0.2) is 11.5 Å². The molecule has 3 aromatic rings. The highest BCUT2D eigenvalue weighted by Crippen LogP contribution is 2.40. The fraction of sp³-hybridized carbons (Fsp3) is 0.227. The lowest BCUT2D eigenvalue weighted by molar-refractivity contribution is 0.0960. The molecular formula is C22H23BrN4O6. The Morgan fingerprint density at radius 3 is 2.21 bits per heavy atom. The molecule has 0 atom stereocenters. The molecular weight excluding hydrogens is 496 g/mol. The molecule has 33 heavy (non-hydrogen) atoms. The summed E-state index contributed by atoms with van der Waals surface area (Å²) in [4.78, 5) is 21.0. The largest absolute Gasteiger partial charge is 0.497 e. The average molecular weight is 519 g/mol. The molecule has 11 heteroatoms. The standard InChI is InChI=1S/C22H23BrN4O6/c1-24-20(28)14-7-6-13(29-2)10-16(14)33-21-15(23)11-25-22(27-21)26-12-8-17(30-3)19(32-5)18(9-12)31-4/h6-11H,1-5H3,(H,24,28)(H,25,26,27). The Morgan fingerprint density at radius 1 is 0.939 bits per heavy atom. The second kappa shape index (κ2) is 10.7. The Balaban J connectivity index is 1.95. The van der Waals surface area contributed by atoms with Crippen LogP contribution in [0.15, 0.2) is 41.0 Å². The summed E-state index contributed by atoms with van der Waals surface area (Å²) in [5.41, 5.74) is 0.924. The molecule has 0 saturated carbocycles. The van der Waals surface area contributed by atoms with Crippen LogP contribution < -0.4 is 34.3 Å². The van der Waals surface area contributed by atoms with Gasteiger partial charge < -0.3 is 34.3 Å². The van der Waals surface area contributed by atoms with Crippen molar-refractivity contribution < 1.29 is 28.5 Å². The summed E-state index contributed by atoms with van der Waals surface area (Å²) < 4.78 is 27.8. The fourth-order valence-electron chi connectivity index (χ4n) is 2.91. The Kier molecular flexibility index (Phi) is 7.78. The van der Waals surface area contributed by atoms with Gasteiger partial charge in [-0.05, 0) is 28.1 Å². The van der Waals surface area contributed by atoms with Gasteiger partial charge in [-0.2, -0.15) is 4.98 Å². The quantitative estimate of drug-likeness (QED) is 0.430. The van der Waals surface area contributed by atoms with Crippen molar-refractivity contribution in [2.24, 2.45) is 0 Å². The highest BCUT2D eigenvalue weighted by Gasteiger charge is 2.17. The van der Waals surface area contributed by atoms with E-state index in [1.807, 2.05) is 0 Å². The van der Waals surface area contributed by atoms with Crippen LogP contribution in [0.5, 0.6) is 34.6 Å². The fourth-order valence-corrected chi connectivity index (χ4v) is 3.18. The summed E-state index contributed by atoms with van der Waals surface area (Å²) in [5, 5.41) is 5.67. The second-order valence-corrected chi connectivity index (χ2v) is 7.28. The predicted octanol–water partition coefficient (Wildman–Crippen LogP) is 4.17. The van der Waals surface area contributed by atoms with E-state index in [2.05, 4.69) is 36.5 Å². The van der Waals surface area contributed by atoms with E-state index in [-0.39, 0.29) is 23.5 Å². The maximum atomic E-state index is 12.3. The molecule has 0 aliphatic carbocycles. The highest BCUT2D eigenvalue weighted by molar-refractivity contribution is 9.10. The number of carbonyl (C=O) groups excluding carboxylic acids is 1. The van der Waals surface area contributed by atoms with Crippen LogP contribution in [-0.2, 0) is 0 Å². The Labute approximate surface area is 199 Å². The molecule has 1 aromatic heterocycles. The number of benzene rings is 2. The van der Waals surface area contributed by atoms with E-state index in [1.54, 1.807) is 30.3 Å². The minimum Gasteiger partial charge on any atom is -0.497 e. The predicted molar refractivity (Wildman–Crippen MR) is 126 cm³/mol. The van der Waals surface area contributed by atoms with Crippen LogP contribution in [-0.4, -0.2) is 51.4 Å². The smallest absolute Gasteiger partial charge is 0.254 e. The third kappa shape index (κ3) is 5.37. The summed E-state index contributed by atoms with van der Waals surface area (Å²) in [6.07, 6.45) is 1.53. The first-order chi connectivity index (χ1) is 15.9. The molecule has 0 bridgehead atoms. The van der Waals surface area contributed by atoms with Gasteiger partial charge in [0.2, 0.25) is 17.6 Å². The summed E-state index contributed by atoms with van der Waals surface area (Å²) in [6, 6.07) is 8.32. The summed E-state index contributed by atoms with van der Waals surface area (Å²) in [5.74, 6) is 2.33. The van der Waals surface area contributed by atoms with Crippen LogP contribution in [0.4, 0.5) is 11.6 Å². The van der Waals surface area contributed by atoms with Crippen LogP contribution in [0.1, 0.15) is 10.4 Å². The van der Waals surface area contributed by atoms with Gasteiger partial charge in [0.25, 0.3) is 5.91 Å². The summed E-state index contributed by atoms with van der Waals surface area (Å²) in [7, 11) is 7.65. The van der Waals surface area contributed by atoms with E-state index >= 15 is 0 Å². The van der Waals surface area contributed by atoms with Crippen LogP contribution in [0.2, 0.25) is 0 Å². The van der Waals surface area contributed by atoms with Crippen LogP contribution >= 0.6 is 15.9 Å². The molecule has 2 N–H and O–H groups in total. The third-order valence-corrected chi connectivity index (χ3v) is 5.04. The van der Waals surface area contributed by atoms with Crippen molar-refractivity contribution in [3.8, 4) is 34.6 Å². The van der Waals surface area contributed by atoms with Gasteiger partial charge in [0.05, 0.1) is 44.7 Å². The molecule has 0 saturated heterocycles. The highest BCUT2D eigenvalue weighted by atomic mass is 79.9. The van der Waals surface area contributed by atoms with Crippen molar-refractivity contribution in [3.05, 3.63) is 46.6 Å². The first-order valence-electron chi connectivity index (χ1n) is 9.61. The number of aromatic nitrogens is 2. The van der Waals surface area contributed by atoms with E-state index in [9.17, 15) is 4.79 Å². The van der Waals surface area contributed by atoms with Crippen molar-refractivity contribution >= 4 is 33.5 Å². The maximum Gasteiger partial charge on any atom is 0.254 e. The number of nitrogens with one attached hydrogen (secondary N) is 2. The van der Waals surface area contributed by atoms with E-state index < -0.39 is 0 Å². The zero-order valence-corrected chi connectivity index (χ0v) is 20.3. The monoisotopic (exact) mass is 518 g/mol. The number of nitrogens with zero attached hydrogens (tertiary/aromatic N) is 2. The molecule has 0 unspecified atom stereocenters. The molecule has 0 radical (unpaired) electrons. The lowest BCUT2D eigenvalue weighted by atomic mass is 10.2. The lowest BCUT2D eigenvalue weighted by Crippen LogP contribution is -2.18. The normalized spacial score (nSPS) is 10.2. The van der Waals surface area contributed by atoms with Gasteiger partial charge in [0, 0.05) is 30.9 Å². The van der Waals surface area contributed by atoms with Crippen molar-refractivity contribution in [1.29, 1.82) is 0 Å². The number of hydrogen-bond donors (Lipinski definition) is 2. The lowest BCUT2D eigenvalue weighted by Gasteiger charge is -2.15. The van der Waals surface area contributed by atoms with E-state index in [1.165, 1.54) is 41.7 Å². The maximum absolute atomic E-state index is 12.3. The second-order valence-electron chi connectivity index (χ2n) is 6.43. The third-order valence-electron chi connectivity index (χ3n) is 4.50. The number of halogens is 1. The van der Waals surface area contributed by atoms with Gasteiger partial charge in [-0.3, -0.25) is 4.79 Å². The number of methoxy groups -OCH3 is 4. The molecule has 0 aliphatic heterocycles. The first-order valence-corrected chi connectivity index (χ1v) is 10.4. The van der Waals surface area contributed by atoms with Crippen LogP contribution in [0.25, 0.3) is 0 Å². The number of amides is 1. The molecule has 10 nitrogen and oxygen atoms in total. The Bertz CT molecular complexity index is 1130. The molecule has 3 rings (SSSR count). The molecule has 1 heterocycles. The van der Waals surface area contributed by atoms with Gasteiger partial charge in [0.1, 0.15) is 11.5 Å². The Morgan fingerprint density at radius 2 is 1.64 bits per heavy atom. The van der Waals surface area contributed by atoms with Crippen molar-refractivity contribution in [1.82, 2.24) is 15.3 Å². The van der Waals surface area contributed by atoms with E-state index in [0.717, 1.165) is 0 Å². The van der Waals surface area contributed by atoms with Gasteiger partial charge >= 0.3 is 0 Å². The van der Waals surface area contributed by atoms with Crippen molar-refractivity contribution in [2.45, 2.75) is 0 Å². The molecule has 0 spiro atoms. The van der Waals surface area contributed by atoms with Crippen LogP contribution in [0, 0.1) is 0 Å². The SMILES string of the molecule is CNC(=O)c1ccc(OC)cc1Oc1nc(Nc2cc(OC)c(OC)c(OC)c2)ncc1Br. The number of carbonyl (C=O) groups is 1. The van der Waals surface area contributed by atoms with Crippen molar-refractivity contribution in [2.75, 3.05) is 40.8 Å². The average Bonchev–Trinajstić information content (AvgIpc) is 2.84. The van der Waals surface area contributed by atoms with Crippen LogP contribution in [0.3, 0.4) is 0 Å². The first kappa shape index (κ1) is 23.9. The number of hydrogen-bond acceptors (Lipinski definition) is 9. The Hall–Kier alpha value is -3.73. The van der Waals surface area contributed by atoms with E-state index in [4.69, 9.17) is 23.7 Å². The van der Waals surface area contributed by atoms with Gasteiger partial charge in [-0.25, -0.2) is 4.98 Å². The summed E-state index contributed by atoms with van der Waals surface area (Å²) >= 11 is 3.39. The number of rotatable bonds is 9. The zero-order chi connectivity index (χ0) is 24.0. The zero-order valence-electron chi connectivity index (χ0n) is 18.7. The molecule has 174 valence electrons. The number of ether oxygens (including phenoxy) is 5. The topological polar surface area (TPSA) is 113 Å². The minimum absolute atomic E-state index is 0.193. The number of anilines is 2.